The number of nitrogens with one attached hydrogen (secondary N) is 2. The monoisotopic (exact) mass is 431 g/mol. The molecular formula is C21H19Cl2N3O3. The zero-order valence-corrected chi connectivity index (χ0v) is 17.2. The summed E-state index contributed by atoms with van der Waals surface area (Å²) in [5, 5.41) is 4.25. The van der Waals surface area contributed by atoms with Gasteiger partial charge in [0.2, 0.25) is 5.91 Å². The molecule has 0 saturated carbocycles. The van der Waals surface area contributed by atoms with E-state index in [1.807, 2.05) is 4.90 Å². The molecule has 4 rings (SSSR count). The van der Waals surface area contributed by atoms with E-state index in [-0.39, 0.29) is 17.9 Å². The minimum Gasteiger partial charge on any atom is -0.495 e. The highest BCUT2D eigenvalue weighted by atomic mass is 35.5. The van der Waals surface area contributed by atoms with E-state index in [2.05, 4.69) is 10.3 Å². The molecule has 2 aromatic carbocycles. The van der Waals surface area contributed by atoms with E-state index in [4.69, 9.17) is 27.9 Å². The van der Waals surface area contributed by atoms with Crippen LogP contribution < -0.4 is 15.5 Å². The highest BCUT2D eigenvalue weighted by Gasteiger charge is 2.24. The number of carbonyl (C=O) groups excluding carboxylic acids is 1. The minimum absolute atomic E-state index is 0.125. The molecule has 0 spiro atoms. The second-order valence-corrected chi connectivity index (χ2v) is 7.77. The van der Waals surface area contributed by atoms with Crippen molar-refractivity contribution in [1.82, 2.24) is 9.88 Å². The van der Waals surface area contributed by atoms with Gasteiger partial charge >= 0.3 is 0 Å². The average Bonchev–Trinajstić information content (AvgIpc) is 2.70. The van der Waals surface area contributed by atoms with Crippen molar-refractivity contribution in [3.8, 4) is 5.75 Å². The lowest BCUT2D eigenvalue weighted by Gasteiger charge is -2.28. The van der Waals surface area contributed by atoms with E-state index in [0.29, 0.717) is 57.5 Å². The molecule has 0 unspecified atom stereocenters. The van der Waals surface area contributed by atoms with Crippen LogP contribution >= 0.6 is 23.2 Å². The number of hydrogen-bond acceptors (Lipinski definition) is 4. The predicted molar refractivity (Wildman–Crippen MR) is 115 cm³/mol. The molecule has 0 saturated heterocycles. The van der Waals surface area contributed by atoms with Crippen molar-refractivity contribution in [2.45, 2.75) is 13.0 Å². The molecule has 2 heterocycles. The number of aromatic nitrogens is 1. The molecular weight excluding hydrogens is 413 g/mol. The molecule has 3 aromatic rings. The normalized spacial score (nSPS) is 13.9. The Balaban J connectivity index is 1.56. The number of halogens is 2. The number of anilines is 1. The zero-order chi connectivity index (χ0) is 20.5. The lowest BCUT2D eigenvalue weighted by atomic mass is 10.0. The topological polar surface area (TPSA) is 74.4 Å². The van der Waals surface area contributed by atoms with E-state index < -0.39 is 0 Å². The fourth-order valence-corrected chi connectivity index (χ4v) is 3.98. The number of benzene rings is 2. The third kappa shape index (κ3) is 3.96. The molecule has 29 heavy (non-hydrogen) atoms. The summed E-state index contributed by atoms with van der Waals surface area (Å²) in [6.45, 7) is 1.22. The van der Waals surface area contributed by atoms with Crippen LogP contribution in [-0.4, -0.2) is 36.0 Å². The minimum atomic E-state index is -0.146. The lowest BCUT2D eigenvalue weighted by Crippen LogP contribution is -2.39. The summed E-state index contributed by atoms with van der Waals surface area (Å²) in [6, 6.07) is 10.3. The van der Waals surface area contributed by atoms with Gasteiger partial charge in [-0.1, -0.05) is 23.2 Å². The van der Waals surface area contributed by atoms with Crippen molar-refractivity contribution in [1.29, 1.82) is 0 Å². The number of carbonyl (C=O) groups is 1. The molecule has 8 heteroatoms. The standard InChI is InChI=1S/C21H19Cl2N3O3/c1-29-17-7-6-15(23)19-20(17)25-16-8-9-26(10-14(16)21(19)28)11-18(27)24-13-4-2-12(22)3-5-13/h2-7H,8-11H2,1H3,(H,24,27)(H,25,28). The molecule has 150 valence electrons. The van der Waals surface area contributed by atoms with Gasteiger partial charge in [-0.3, -0.25) is 14.5 Å². The maximum atomic E-state index is 13.1. The van der Waals surface area contributed by atoms with E-state index in [9.17, 15) is 9.59 Å². The molecule has 2 N–H and O–H groups in total. The third-order valence-corrected chi connectivity index (χ3v) is 5.60. The van der Waals surface area contributed by atoms with Crippen LogP contribution in [0.1, 0.15) is 11.3 Å². The largest absolute Gasteiger partial charge is 0.495 e. The molecule has 0 bridgehead atoms. The first-order chi connectivity index (χ1) is 14.0. The summed E-state index contributed by atoms with van der Waals surface area (Å²) in [6.07, 6.45) is 0.629. The van der Waals surface area contributed by atoms with Gasteiger partial charge in [0, 0.05) is 41.5 Å². The van der Waals surface area contributed by atoms with Crippen molar-refractivity contribution >= 4 is 45.7 Å². The molecule has 1 aromatic heterocycles. The number of fused-ring (bicyclic) bond motifs is 2. The second kappa shape index (κ2) is 8.06. The number of H-pyrrole nitrogens is 1. The molecule has 1 aliphatic rings. The maximum absolute atomic E-state index is 13.1. The van der Waals surface area contributed by atoms with Gasteiger partial charge in [0.1, 0.15) is 5.75 Å². The first kappa shape index (κ1) is 19.8. The summed E-state index contributed by atoms with van der Waals surface area (Å²) >= 11 is 12.2. The molecule has 0 aliphatic carbocycles. The maximum Gasteiger partial charge on any atom is 0.238 e. The highest BCUT2D eigenvalue weighted by Crippen LogP contribution is 2.30. The van der Waals surface area contributed by atoms with Gasteiger partial charge in [0.25, 0.3) is 0 Å². The molecule has 0 radical (unpaired) electrons. The molecule has 6 nitrogen and oxygen atoms in total. The Morgan fingerprint density at radius 2 is 1.97 bits per heavy atom. The highest BCUT2D eigenvalue weighted by molar-refractivity contribution is 6.35. The average molecular weight is 432 g/mol. The smallest absolute Gasteiger partial charge is 0.238 e. The van der Waals surface area contributed by atoms with Crippen LogP contribution in [0.25, 0.3) is 10.9 Å². The van der Waals surface area contributed by atoms with Crippen molar-refractivity contribution in [2.24, 2.45) is 0 Å². The lowest BCUT2D eigenvalue weighted by molar-refractivity contribution is -0.117. The Morgan fingerprint density at radius 3 is 2.69 bits per heavy atom. The van der Waals surface area contributed by atoms with E-state index >= 15 is 0 Å². The molecule has 1 amide bonds. The van der Waals surface area contributed by atoms with Crippen LogP contribution in [0.15, 0.2) is 41.2 Å². The Bertz CT molecular complexity index is 1140. The quantitative estimate of drug-likeness (QED) is 0.657. The first-order valence-electron chi connectivity index (χ1n) is 9.14. The number of pyridine rings is 1. The summed E-state index contributed by atoms with van der Waals surface area (Å²) in [5.41, 5.74) is 2.66. The number of nitrogens with zero attached hydrogens (tertiary/aromatic N) is 1. The van der Waals surface area contributed by atoms with Crippen LogP contribution in [0.2, 0.25) is 10.0 Å². The number of amides is 1. The number of methoxy groups -OCH3 is 1. The van der Waals surface area contributed by atoms with Crippen molar-refractivity contribution in [3.05, 3.63) is 67.9 Å². The van der Waals surface area contributed by atoms with Crippen LogP contribution in [0.3, 0.4) is 0 Å². The summed E-state index contributed by atoms with van der Waals surface area (Å²) < 4.78 is 5.37. The molecule has 0 atom stereocenters. The Kier molecular flexibility index (Phi) is 5.50. The Hall–Kier alpha value is -2.54. The van der Waals surface area contributed by atoms with Crippen LogP contribution in [0.4, 0.5) is 5.69 Å². The van der Waals surface area contributed by atoms with Gasteiger partial charge in [0.05, 0.1) is 29.6 Å². The van der Waals surface area contributed by atoms with Crippen LogP contribution in [0, 0.1) is 0 Å². The van der Waals surface area contributed by atoms with Crippen LogP contribution in [0.5, 0.6) is 5.75 Å². The summed E-state index contributed by atoms with van der Waals surface area (Å²) in [5.74, 6) is 0.432. The Morgan fingerprint density at radius 1 is 1.21 bits per heavy atom. The van der Waals surface area contributed by atoms with E-state index in [1.54, 1.807) is 43.5 Å². The van der Waals surface area contributed by atoms with Crippen molar-refractivity contribution in [2.75, 3.05) is 25.5 Å². The van der Waals surface area contributed by atoms with Gasteiger partial charge in [-0.05, 0) is 36.4 Å². The first-order valence-corrected chi connectivity index (χ1v) is 9.90. The fourth-order valence-electron chi connectivity index (χ4n) is 3.61. The van der Waals surface area contributed by atoms with E-state index in [1.165, 1.54) is 0 Å². The number of ether oxygens (including phenoxy) is 1. The molecule has 1 aliphatic heterocycles. The number of aromatic amines is 1. The van der Waals surface area contributed by atoms with Crippen LogP contribution in [-0.2, 0) is 17.8 Å². The Labute approximate surface area is 177 Å². The summed E-state index contributed by atoms with van der Waals surface area (Å²) in [4.78, 5) is 30.8. The SMILES string of the molecule is COc1ccc(Cl)c2c(=O)c3c([nH]c12)CCN(CC(=O)Nc1ccc(Cl)cc1)C3. The van der Waals surface area contributed by atoms with Gasteiger partial charge < -0.3 is 15.0 Å². The number of hydrogen-bond donors (Lipinski definition) is 2. The van der Waals surface area contributed by atoms with Crippen molar-refractivity contribution < 1.29 is 9.53 Å². The van der Waals surface area contributed by atoms with E-state index in [0.717, 1.165) is 5.69 Å². The fraction of sp³-hybridized carbons (Fsp3) is 0.238. The molecule has 0 fully saturated rings. The van der Waals surface area contributed by atoms with Gasteiger partial charge in [0.15, 0.2) is 5.43 Å². The zero-order valence-electron chi connectivity index (χ0n) is 15.7. The van der Waals surface area contributed by atoms with Gasteiger partial charge in [-0.2, -0.15) is 0 Å². The number of rotatable bonds is 4. The van der Waals surface area contributed by atoms with Gasteiger partial charge in [-0.15, -0.1) is 0 Å². The predicted octanol–water partition coefficient (Wildman–Crippen LogP) is 3.84. The second-order valence-electron chi connectivity index (χ2n) is 6.93. The summed E-state index contributed by atoms with van der Waals surface area (Å²) in [7, 11) is 1.56. The van der Waals surface area contributed by atoms with Gasteiger partial charge in [-0.25, -0.2) is 0 Å². The third-order valence-electron chi connectivity index (χ3n) is 5.03. The van der Waals surface area contributed by atoms with Crippen molar-refractivity contribution in [3.63, 3.8) is 0 Å².